The molecule has 5 nitrogen and oxygen atoms in total. The van der Waals surface area contributed by atoms with Crippen LogP contribution < -0.4 is 0 Å². The van der Waals surface area contributed by atoms with Gasteiger partial charge in [-0.3, -0.25) is 9.08 Å². The van der Waals surface area contributed by atoms with Crippen molar-refractivity contribution in [3.63, 3.8) is 0 Å². The normalized spacial score (nSPS) is 28.4. The summed E-state index contributed by atoms with van der Waals surface area (Å²) in [7, 11) is -3.63. The van der Waals surface area contributed by atoms with Crippen LogP contribution in [0.3, 0.4) is 0 Å². The van der Waals surface area contributed by atoms with Gasteiger partial charge in [0.1, 0.15) is 0 Å². The molecule has 2 heterocycles. The molecule has 3 rings (SSSR count). The maximum atomic E-state index is 14.3. The minimum Gasteiger partial charge on any atom is -0.350 e. The smallest absolute Gasteiger partial charge is 0.350 e. The Labute approximate surface area is 183 Å². The van der Waals surface area contributed by atoms with Gasteiger partial charge in [-0.1, -0.05) is 50.1 Å². The molecule has 0 spiro atoms. The van der Waals surface area contributed by atoms with Crippen molar-refractivity contribution in [3.8, 4) is 0 Å². The molecular weight excluding hydrogens is 431 g/mol. The van der Waals surface area contributed by atoms with Crippen molar-refractivity contribution in [2.45, 2.75) is 88.4 Å². The van der Waals surface area contributed by atoms with Gasteiger partial charge in [-0.25, -0.2) is 0 Å². The van der Waals surface area contributed by atoms with Gasteiger partial charge in [-0.15, -0.1) is 0 Å². The Kier molecular flexibility index (Phi) is 7.71. The van der Waals surface area contributed by atoms with Gasteiger partial charge in [-0.2, -0.15) is 21.6 Å². The molecular formula is C22H32F3NO4S. The molecule has 0 bridgehead atoms. The van der Waals surface area contributed by atoms with Crippen molar-refractivity contribution in [1.82, 2.24) is 4.90 Å². The van der Waals surface area contributed by atoms with Crippen LogP contribution in [0.5, 0.6) is 0 Å². The van der Waals surface area contributed by atoms with Crippen LogP contribution in [-0.4, -0.2) is 50.2 Å². The number of rotatable bonds is 9. The van der Waals surface area contributed by atoms with Gasteiger partial charge < -0.3 is 4.74 Å². The zero-order valence-electron chi connectivity index (χ0n) is 18.1. The van der Waals surface area contributed by atoms with Crippen molar-refractivity contribution in [2.75, 3.05) is 12.9 Å². The molecule has 0 N–H and O–H groups in total. The van der Waals surface area contributed by atoms with Crippen molar-refractivity contribution < 1.29 is 30.5 Å². The number of unbranched alkanes of at least 4 members (excludes halogenated alkanes) is 1. The predicted octanol–water partition coefficient (Wildman–Crippen LogP) is 5.19. The van der Waals surface area contributed by atoms with Crippen LogP contribution in [0.2, 0.25) is 0 Å². The summed E-state index contributed by atoms with van der Waals surface area (Å²) in [4.78, 5) is 1.52. The first kappa shape index (κ1) is 24.5. The third-order valence-corrected chi connectivity index (χ3v) is 6.94. The third kappa shape index (κ3) is 5.61. The first-order valence-electron chi connectivity index (χ1n) is 11.0. The van der Waals surface area contributed by atoms with Gasteiger partial charge in [0, 0.05) is 6.04 Å². The summed E-state index contributed by atoms with van der Waals surface area (Å²) in [5, 5.41) is 0. The molecule has 0 radical (unpaired) electrons. The van der Waals surface area contributed by atoms with Crippen LogP contribution in [0.1, 0.15) is 69.9 Å². The minimum absolute atomic E-state index is 0.0148. The fourth-order valence-corrected chi connectivity index (χ4v) is 5.66. The average molecular weight is 464 g/mol. The van der Waals surface area contributed by atoms with E-state index in [1.165, 1.54) is 4.90 Å². The number of benzene rings is 1. The number of alkyl halides is 3. The van der Waals surface area contributed by atoms with E-state index < -0.39 is 34.2 Å². The minimum atomic E-state index is -4.51. The van der Waals surface area contributed by atoms with E-state index in [4.69, 9.17) is 8.92 Å². The second kappa shape index (κ2) is 9.77. The Bertz CT molecular complexity index is 818. The second-order valence-corrected chi connectivity index (χ2v) is 10.2. The maximum absolute atomic E-state index is 14.3. The van der Waals surface area contributed by atoms with Gasteiger partial charge in [0.15, 0.2) is 0 Å². The van der Waals surface area contributed by atoms with Gasteiger partial charge in [-0.05, 0) is 44.1 Å². The quantitative estimate of drug-likeness (QED) is 0.472. The van der Waals surface area contributed by atoms with Crippen LogP contribution in [0.4, 0.5) is 13.2 Å². The van der Waals surface area contributed by atoms with E-state index in [1.807, 2.05) is 37.3 Å². The maximum Gasteiger partial charge on any atom is 0.431 e. The number of halogens is 3. The lowest BCUT2D eigenvalue weighted by atomic mass is 9.87. The molecule has 0 amide bonds. The summed E-state index contributed by atoms with van der Waals surface area (Å²) in [6.07, 6.45) is -0.000222. The standard InChI is InChI=1S/C22H32F3NO4S/c1-3-4-12-19(30-31(2,27)28)14-13-18-11-8-15-21(22(23,24)25)26(18)20(16-29-21)17-9-6-5-7-10-17/h5-7,9-10,18-20H,3-4,8,11-16H2,1-2H3/t18?,19-,20+,21-/m0/s1. The topological polar surface area (TPSA) is 55.8 Å². The van der Waals surface area contributed by atoms with Crippen LogP contribution >= 0.6 is 0 Å². The van der Waals surface area contributed by atoms with E-state index in [1.54, 1.807) is 0 Å². The molecule has 2 aliphatic heterocycles. The van der Waals surface area contributed by atoms with Gasteiger partial charge in [0.25, 0.3) is 10.1 Å². The van der Waals surface area contributed by atoms with Gasteiger partial charge in [0.05, 0.1) is 25.0 Å². The van der Waals surface area contributed by atoms with E-state index in [0.717, 1.165) is 24.7 Å². The van der Waals surface area contributed by atoms with E-state index in [2.05, 4.69) is 0 Å². The monoisotopic (exact) mass is 463 g/mol. The summed E-state index contributed by atoms with van der Waals surface area (Å²) in [5.74, 6) is 0. The van der Waals surface area contributed by atoms with Crippen molar-refractivity contribution in [2.24, 2.45) is 0 Å². The molecule has 9 heteroatoms. The molecule has 1 aromatic carbocycles. The van der Waals surface area contributed by atoms with E-state index in [0.29, 0.717) is 32.1 Å². The molecule has 2 aliphatic rings. The Morgan fingerprint density at radius 2 is 1.97 bits per heavy atom. The van der Waals surface area contributed by atoms with Crippen molar-refractivity contribution in [1.29, 1.82) is 0 Å². The van der Waals surface area contributed by atoms with E-state index in [9.17, 15) is 21.6 Å². The molecule has 0 saturated carbocycles. The average Bonchev–Trinajstić information content (AvgIpc) is 3.11. The van der Waals surface area contributed by atoms with E-state index in [-0.39, 0.29) is 19.1 Å². The largest absolute Gasteiger partial charge is 0.431 e. The lowest BCUT2D eigenvalue weighted by molar-refractivity contribution is -0.322. The number of fused-ring (bicyclic) bond motifs is 1. The highest BCUT2D eigenvalue weighted by molar-refractivity contribution is 7.86. The van der Waals surface area contributed by atoms with Crippen molar-refractivity contribution in [3.05, 3.63) is 35.9 Å². The fraction of sp³-hybridized carbons (Fsp3) is 0.727. The van der Waals surface area contributed by atoms with Crippen LogP contribution in [0.15, 0.2) is 30.3 Å². The highest BCUT2D eigenvalue weighted by atomic mass is 32.2. The zero-order chi connectivity index (χ0) is 22.7. The second-order valence-electron chi connectivity index (χ2n) is 8.61. The summed E-state index contributed by atoms with van der Waals surface area (Å²) in [5.41, 5.74) is -1.48. The Hall–Kier alpha value is -1.16. The lowest BCUT2D eigenvalue weighted by Gasteiger charge is -2.48. The molecule has 1 aromatic rings. The highest BCUT2D eigenvalue weighted by Gasteiger charge is 2.67. The number of hydrogen-bond donors (Lipinski definition) is 0. The Morgan fingerprint density at radius 1 is 1.26 bits per heavy atom. The van der Waals surface area contributed by atoms with Gasteiger partial charge >= 0.3 is 6.18 Å². The first-order valence-corrected chi connectivity index (χ1v) is 12.8. The molecule has 176 valence electrons. The Balaban J connectivity index is 1.84. The molecule has 0 aliphatic carbocycles. The SMILES string of the molecule is CCCC[C@@H](CCC1CCC[C@@]2(C(F)(F)F)OC[C@H](c3ccccc3)N12)OS(C)(=O)=O. The lowest BCUT2D eigenvalue weighted by Crippen LogP contribution is -2.62. The third-order valence-electron chi connectivity index (χ3n) is 6.32. The summed E-state index contributed by atoms with van der Waals surface area (Å²) in [6.45, 7) is 1.99. The number of piperidine rings is 1. The summed E-state index contributed by atoms with van der Waals surface area (Å²) < 4.78 is 76.9. The zero-order valence-corrected chi connectivity index (χ0v) is 18.9. The van der Waals surface area contributed by atoms with Crippen molar-refractivity contribution >= 4 is 10.1 Å². The summed E-state index contributed by atoms with van der Waals surface area (Å²) >= 11 is 0. The molecule has 4 atom stereocenters. The number of hydrogen-bond acceptors (Lipinski definition) is 5. The molecule has 2 fully saturated rings. The van der Waals surface area contributed by atoms with Crippen LogP contribution in [0, 0.1) is 0 Å². The van der Waals surface area contributed by atoms with Gasteiger partial charge in [0.2, 0.25) is 5.72 Å². The number of nitrogens with zero attached hydrogens (tertiary/aromatic N) is 1. The molecule has 2 saturated heterocycles. The Morgan fingerprint density at radius 3 is 2.58 bits per heavy atom. The first-order chi connectivity index (χ1) is 14.6. The fourth-order valence-electron chi connectivity index (χ4n) is 4.97. The molecule has 0 aromatic heterocycles. The summed E-state index contributed by atoms with van der Waals surface area (Å²) in [6, 6.07) is 8.30. The number of ether oxygens (including phenoxy) is 1. The van der Waals surface area contributed by atoms with E-state index >= 15 is 0 Å². The predicted molar refractivity (Wildman–Crippen MR) is 112 cm³/mol. The molecule has 31 heavy (non-hydrogen) atoms. The van der Waals surface area contributed by atoms with Crippen LogP contribution in [-0.2, 0) is 19.0 Å². The highest BCUT2D eigenvalue weighted by Crippen LogP contribution is 2.53. The molecule has 1 unspecified atom stereocenters. The van der Waals surface area contributed by atoms with Crippen LogP contribution in [0.25, 0.3) is 0 Å².